The Hall–Kier alpha value is -1.61. The van der Waals surface area contributed by atoms with E-state index in [1.165, 1.54) is 5.70 Å². The van der Waals surface area contributed by atoms with Crippen molar-refractivity contribution in [2.24, 2.45) is 28.6 Å². The number of halogens is 1. The van der Waals surface area contributed by atoms with Gasteiger partial charge in [-0.05, 0) is 67.6 Å². The van der Waals surface area contributed by atoms with Crippen molar-refractivity contribution in [3.05, 3.63) is 46.6 Å². The summed E-state index contributed by atoms with van der Waals surface area (Å²) in [5.41, 5.74) is 2.29. The fourth-order valence-electron chi connectivity index (χ4n) is 7.16. The van der Waals surface area contributed by atoms with E-state index in [9.17, 15) is 9.59 Å². The van der Waals surface area contributed by atoms with Crippen molar-refractivity contribution in [2.45, 2.75) is 65.3 Å². The number of benzene rings is 1. The lowest BCUT2D eigenvalue weighted by molar-refractivity contribution is -0.139. The molecule has 2 unspecified atom stereocenters. The van der Waals surface area contributed by atoms with E-state index in [1.807, 2.05) is 29.2 Å². The second kappa shape index (κ2) is 6.70. The zero-order valence-corrected chi connectivity index (χ0v) is 18.2. The molecule has 1 aromatic carbocycles. The molecule has 29 heavy (non-hydrogen) atoms. The van der Waals surface area contributed by atoms with Gasteiger partial charge in [-0.1, -0.05) is 43.7 Å². The minimum atomic E-state index is -0.101. The quantitative estimate of drug-likeness (QED) is 0.619. The molecule has 154 valence electrons. The van der Waals surface area contributed by atoms with Gasteiger partial charge < -0.3 is 4.90 Å². The minimum Gasteiger partial charge on any atom is -0.312 e. The molecule has 1 heterocycles. The van der Waals surface area contributed by atoms with Crippen molar-refractivity contribution in [2.75, 3.05) is 0 Å². The van der Waals surface area contributed by atoms with Crippen molar-refractivity contribution >= 4 is 23.3 Å². The van der Waals surface area contributed by atoms with Crippen LogP contribution in [0, 0.1) is 28.6 Å². The average molecular weight is 412 g/mol. The van der Waals surface area contributed by atoms with E-state index in [0.29, 0.717) is 36.5 Å². The summed E-state index contributed by atoms with van der Waals surface area (Å²) in [6, 6.07) is 7.83. The highest BCUT2D eigenvalue weighted by atomic mass is 35.5. The van der Waals surface area contributed by atoms with Crippen LogP contribution in [0.25, 0.3) is 0 Å². The maximum atomic E-state index is 12.9. The van der Waals surface area contributed by atoms with Gasteiger partial charge in [-0.2, -0.15) is 0 Å². The van der Waals surface area contributed by atoms with Crippen LogP contribution < -0.4 is 0 Å². The molecule has 4 heteroatoms. The molecule has 3 fully saturated rings. The van der Waals surface area contributed by atoms with Gasteiger partial charge in [0.1, 0.15) is 5.78 Å². The standard InChI is InChI=1S/C25H30ClNO2/c1-24-14-12-23(29)27(15-16-3-5-17(26)6-4-16)21(24)9-7-18-19-8-10-22(28)25(19,2)13-11-20(18)24/h3-6,9,18-20H,7-8,10-15H2,1-2H3/t18?,19-,20-,24+,25?/m0/s1. The minimum absolute atomic E-state index is 0.0379. The first kappa shape index (κ1) is 19.4. The summed E-state index contributed by atoms with van der Waals surface area (Å²) in [7, 11) is 0. The summed E-state index contributed by atoms with van der Waals surface area (Å²) in [6.07, 6.45) is 8.86. The molecule has 1 amide bonds. The Kier molecular flexibility index (Phi) is 4.47. The molecule has 1 aliphatic heterocycles. The number of fused-ring (bicyclic) bond motifs is 5. The van der Waals surface area contributed by atoms with Gasteiger partial charge in [-0.15, -0.1) is 0 Å². The zero-order valence-electron chi connectivity index (χ0n) is 17.4. The number of piperidine rings is 1. The Balaban J connectivity index is 1.47. The molecule has 0 N–H and O–H groups in total. The van der Waals surface area contributed by atoms with E-state index in [-0.39, 0.29) is 16.7 Å². The lowest BCUT2D eigenvalue weighted by atomic mass is 9.50. The van der Waals surface area contributed by atoms with Crippen molar-refractivity contribution in [1.82, 2.24) is 4.90 Å². The van der Waals surface area contributed by atoms with Gasteiger partial charge in [0.15, 0.2) is 0 Å². The molecule has 0 radical (unpaired) electrons. The summed E-state index contributed by atoms with van der Waals surface area (Å²) in [5, 5.41) is 0.722. The third kappa shape index (κ3) is 2.84. The molecule has 4 aliphatic rings. The monoisotopic (exact) mass is 411 g/mol. The Morgan fingerprint density at radius 3 is 2.48 bits per heavy atom. The highest BCUT2D eigenvalue weighted by Gasteiger charge is 2.59. The summed E-state index contributed by atoms with van der Waals surface area (Å²) in [5.74, 6) is 2.40. The fourth-order valence-corrected chi connectivity index (χ4v) is 7.29. The van der Waals surface area contributed by atoms with E-state index >= 15 is 0 Å². The van der Waals surface area contributed by atoms with Gasteiger partial charge in [0, 0.05) is 34.4 Å². The number of nitrogens with zero attached hydrogens (tertiary/aromatic N) is 1. The van der Waals surface area contributed by atoms with Gasteiger partial charge in [0.2, 0.25) is 5.91 Å². The number of rotatable bonds is 2. The van der Waals surface area contributed by atoms with E-state index in [2.05, 4.69) is 19.9 Å². The Labute approximate surface area is 178 Å². The second-order valence-corrected chi connectivity index (χ2v) is 10.6. The molecule has 0 aromatic heterocycles. The number of ketones is 1. The maximum absolute atomic E-state index is 12.9. The molecule has 2 saturated carbocycles. The van der Waals surface area contributed by atoms with E-state index in [1.54, 1.807) is 0 Å². The fraction of sp³-hybridized carbons (Fsp3) is 0.600. The SMILES string of the molecule is CC12CC[C@H]3C(CC=C4N(Cc5ccc(Cl)cc5)C(=O)CC[C@@]43C)[C@@H]1CCC2=O. The molecule has 1 aromatic rings. The molecular formula is C25H30ClNO2. The van der Waals surface area contributed by atoms with Gasteiger partial charge >= 0.3 is 0 Å². The molecule has 3 nitrogen and oxygen atoms in total. The van der Waals surface area contributed by atoms with Gasteiger partial charge in [0.05, 0.1) is 6.54 Å². The summed E-state index contributed by atoms with van der Waals surface area (Å²) in [4.78, 5) is 27.6. The first-order valence-corrected chi connectivity index (χ1v) is 11.5. The summed E-state index contributed by atoms with van der Waals surface area (Å²) >= 11 is 6.04. The van der Waals surface area contributed by atoms with E-state index in [0.717, 1.165) is 49.1 Å². The first-order valence-electron chi connectivity index (χ1n) is 11.1. The molecule has 1 saturated heterocycles. The molecule has 3 aliphatic carbocycles. The molecule has 5 atom stereocenters. The predicted octanol–water partition coefficient (Wildman–Crippen LogP) is 5.77. The second-order valence-electron chi connectivity index (χ2n) is 10.1. The van der Waals surface area contributed by atoms with Crippen LogP contribution in [-0.2, 0) is 16.1 Å². The van der Waals surface area contributed by atoms with Crippen molar-refractivity contribution in [3.8, 4) is 0 Å². The van der Waals surface area contributed by atoms with Gasteiger partial charge in [0.25, 0.3) is 0 Å². The molecular weight excluding hydrogens is 382 g/mol. The lowest BCUT2D eigenvalue weighted by Gasteiger charge is -2.57. The molecule has 0 spiro atoms. The number of Topliss-reactive ketones (excluding diaryl/α,β-unsaturated/α-hetero) is 1. The highest BCUT2D eigenvalue weighted by Crippen LogP contribution is 2.63. The van der Waals surface area contributed by atoms with Gasteiger partial charge in [-0.3, -0.25) is 9.59 Å². The normalized spacial score (nSPS) is 38.9. The van der Waals surface area contributed by atoms with Crippen molar-refractivity contribution in [3.63, 3.8) is 0 Å². The average Bonchev–Trinajstić information content (AvgIpc) is 3.01. The highest BCUT2D eigenvalue weighted by molar-refractivity contribution is 6.30. The van der Waals surface area contributed by atoms with Crippen LogP contribution in [0.3, 0.4) is 0 Å². The van der Waals surface area contributed by atoms with Crippen LogP contribution in [0.4, 0.5) is 0 Å². The largest absolute Gasteiger partial charge is 0.312 e. The van der Waals surface area contributed by atoms with Crippen LogP contribution in [-0.4, -0.2) is 16.6 Å². The topological polar surface area (TPSA) is 37.4 Å². The van der Waals surface area contributed by atoms with E-state index < -0.39 is 0 Å². The summed E-state index contributed by atoms with van der Waals surface area (Å²) < 4.78 is 0. The number of likely N-dealkylation sites (tertiary alicyclic amines) is 1. The van der Waals surface area contributed by atoms with E-state index in [4.69, 9.17) is 11.6 Å². The first-order chi connectivity index (χ1) is 13.8. The molecule has 5 rings (SSSR count). The number of allylic oxidation sites excluding steroid dienone is 2. The number of hydrogen-bond donors (Lipinski definition) is 0. The van der Waals surface area contributed by atoms with Crippen molar-refractivity contribution in [1.29, 1.82) is 0 Å². The van der Waals surface area contributed by atoms with Crippen LogP contribution in [0.1, 0.15) is 64.4 Å². The Morgan fingerprint density at radius 1 is 1.00 bits per heavy atom. The summed E-state index contributed by atoms with van der Waals surface area (Å²) in [6.45, 7) is 5.23. The molecule has 0 bridgehead atoms. The smallest absolute Gasteiger partial charge is 0.227 e. The van der Waals surface area contributed by atoms with Crippen LogP contribution >= 0.6 is 11.6 Å². The number of amides is 1. The van der Waals surface area contributed by atoms with Crippen LogP contribution in [0.15, 0.2) is 36.0 Å². The van der Waals surface area contributed by atoms with Crippen LogP contribution in [0.2, 0.25) is 5.02 Å². The maximum Gasteiger partial charge on any atom is 0.227 e. The Bertz CT molecular complexity index is 891. The third-order valence-electron chi connectivity index (χ3n) is 8.84. The Morgan fingerprint density at radius 2 is 1.72 bits per heavy atom. The third-order valence-corrected chi connectivity index (χ3v) is 9.09. The van der Waals surface area contributed by atoms with Crippen LogP contribution in [0.5, 0.6) is 0 Å². The predicted molar refractivity (Wildman–Crippen MR) is 114 cm³/mol. The number of carbonyl (C=O) groups is 2. The van der Waals surface area contributed by atoms with Gasteiger partial charge in [-0.25, -0.2) is 0 Å². The number of hydrogen-bond acceptors (Lipinski definition) is 2. The van der Waals surface area contributed by atoms with Crippen molar-refractivity contribution < 1.29 is 9.59 Å². The lowest BCUT2D eigenvalue weighted by Crippen LogP contribution is -2.54. The zero-order chi connectivity index (χ0) is 20.4. The number of carbonyl (C=O) groups excluding carboxylic acids is 2.